The van der Waals surface area contributed by atoms with Crippen molar-refractivity contribution in [2.45, 2.75) is 18.9 Å². The van der Waals surface area contributed by atoms with Crippen LogP contribution in [-0.4, -0.2) is 27.1 Å². The van der Waals surface area contributed by atoms with Crippen molar-refractivity contribution >= 4 is 29.6 Å². The third kappa shape index (κ3) is 10.7. The molecule has 0 unspecified atom stereocenters. The van der Waals surface area contributed by atoms with E-state index in [2.05, 4.69) is 5.32 Å². The van der Waals surface area contributed by atoms with Crippen LogP contribution in [0.5, 0.6) is 0 Å². The average Bonchev–Trinajstić information content (AvgIpc) is 1.96. The first-order valence-corrected chi connectivity index (χ1v) is 8.27. The molecule has 0 rings (SSSR count). The van der Waals surface area contributed by atoms with Crippen LogP contribution in [0.4, 0.5) is 0 Å². The van der Waals surface area contributed by atoms with E-state index >= 15 is 0 Å². The highest BCUT2D eigenvalue weighted by Crippen LogP contribution is 2.07. The maximum absolute atomic E-state index is 5.68. The van der Waals surface area contributed by atoms with Crippen LogP contribution in [0.2, 0.25) is 6.04 Å². The van der Waals surface area contributed by atoms with Gasteiger partial charge in [-0.3, -0.25) is 0 Å². The van der Waals surface area contributed by atoms with Gasteiger partial charge in [-0.1, -0.05) is 6.42 Å². The molecule has 0 aromatic heterocycles. The zero-order valence-electron chi connectivity index (χ0n) is 6.65. The molecule has 0 heterocycles. The number of nitrogens with one attached hydrogen (secondary N) is 1. The lowest BCUT2D eigenvalue weighted by molar-refractivity contribution is 0.645. The van der Waals surface area contributed by atoms with E-state index in [1.165, 1.54) is 0 Å². The van der Waals surface area contributed by atoms with Crippen molar-refractivity contribution in [3.63, 3.8) is 0 Å². The van der Waals surface area contributed by atoms with Crippen molar-refractivity contribution < 1.29 is 0 Å². The van der Waals surface area contributed by atoms with E-state index in [-0.39, 0.29) is 0 Å². The molecule has 0 atom stereocenters. The fourth-order valence-corrected chi connectivity index (χ4v) is 2.30. The van der Waals surface area contributed by atoms with Gasteiger partial charge in [0.2, 0.25) is 7.42 Å². The van der Waals surface area contributed by atoms with Crippen molar-refractivity contribution in [1.82, 2.24) is 5.32 Å². The topological polar surface area (TPSA) is 38.0 Å². The minimum Gasteiger partial charge on any atom is -0.329 e. The van der Waals surface area contributed by atoms with Gasteiger partial charge in [-0.15, -0.1) is 0 Å². The van der Waals surface area contributed by atoms with Gasteiger partial charge in [0.1, 0.15) is 0 Å². The van der Waals surface area contributed by atoms with Gasteiger partial charge in [-0.25, -0.2) is 0 Å². The van der Waals surface area contributed by atoms with Crippen LogP contribution in [0.15, 0.2) is 0 Å². The fourth-order valence-electron chi connectivity index (χ4n) is 0.776. The molecule has 0 fully saturated rings. The van der Waals surface area contributed by atoms with Crippen molar-refractivity contribution in [3.8, 4) is 0 Å². The van der Waals surface area contributed by atoms with Crippen LogP contribution in [0.1, 0.15) is 12.8 Å². The first kappa shape index (κ1) is 11.7. The summed E-state index contributed by atoms with van der Waals surface area (Å²) in [7, 11) is -1.34. The summed E-state index contributed by atoms with van der Waals surface area (Å²) in [5.41, 5.74) is 5.29. The Morgan fingerprint density at radius 3 is 2.45 bits per heavy atom. The van der Waals surface area contributed by atoms with Gasteiger partial charge in [-0.05, 0) is 19.0 Å². The van der Waals surface area contributed by atoms with Crippen molar-refractivity contribution in [1.29, 1.82) is 0 Å². The maximum Gasteiger partial charge on any atom is 0.237 e. The standard InChI is InChI=1S/C6H16Cl2N2Si/c7-11(8)6-2-1-4-10-5-3-9/h10-11H,1-6,9H2. The van der Waals surface area contributed by atoms with Crippen LogP contribution in [0.3, 0.4) is 0 Å². The predicted octanol–water partition coefficient (Wildman–Crippen LogP) is 1.01. The third-order valence-electron chi connectivity index (χ3n) is 1.35. The normalized spacial score (nSPS) is 10.9. The van der Waals surface area contributed by atoms with Crippen LogP contribution in [-0.2, 0) is 0 Å². The quantitative estimate of drug-likeness (QED) is 0.378. The Labute approximate surface area is 79.4 Å². The predicted molar refractivity (Wildman–Crippen MR) is 54.8 cm³/mol. The van der Waals surface area contributed by atoms with E-state index in [0.717, 1.165) is 32.0 Å². The smallest absolute Gasteiger partial charge is 0.237 e. The van der Waals surface area contributed by atoms with E-state index in [0.29, 0.717) is 6.54 Å². The summed E-state index contributed by atoms with van der Waals surface area (Å²) in [5.74, 6) is 0. The molecule has 0 saturated heterocycles. The lowest BCUT2D eigenvalue weighted by atomic mass is 10.3. The molecule has 0 amide bonds. The molecule has 2 nitrogen and oxygen atoms in total. The highest BCUT2D eigenvalue weighted by molar-refractivity contribution is 7.33. The molecule has 11 heavy (non-hydrogen) atoms. The minimum absolute atomic E-state index is 0.711. The van der Waals surface area contributed by atoms with E-state index in [4.69, 9.17) is 27.9 Å². The summed E-state index contributed by atoms with van der Waals surface area (Å²) in [5, 5.41) is 3.21. The summed E-state index contributed by atoms with van der Waals surface area (Å²) in [6.07, 6.45) is 2.30. The Hall–Kier alpha value is 0.717. The van der Waals surface area contributed by atoms with Gasteiger partial charge in [0.25, 0.3) is 0 Å². The molecule has 0 aromatic carbocycles. The number of hydrogen-bond donors (Lipinski definition) is 2. The maximum atomic E-state index is 5.68. The number of halogens is 2. The Bertz CT molecular complexity index is 83.0. The minimum atomic E-state index is -1.34. The van der Waals surface area contributed by atoms with Gasteiger partial charge >= 0.3 is 0 Å². The molecule has 0 aliphatic carbocycles. The van der Waals surface area contributed by atoms with Crippen molar-refractivity contribution in [3.05, 3.63) is 0 Å². The highest BCUT2D eigenvalue weighted by Gasteiger charge is 1.99. The largest absolute Gasteiger partial charge is 0.329 e. The zero-order valence-corrected chi connectivity index (χ0v) is 9.32. The molecule has 5 heteroatoms. The molecule has 0 spiro atoms. The van der Waals surface area contributed by atoms with E-state index in [1.807, 2.05) is 0 Å². The van der Waals surface area contributed by atoms with Gasteiger partial charge in [0.05, 0.1) is 0 Å². The molecule has 0 aromatic rings. The summed E-state index contributed by atoms with van der Waals surface area (Å²) < 4.78 is 0. The molecular weight excluding hydrogens is 199 g/mol. The number of hydrogen-bond acceptors (Lipinski definition) is 2. The van der Waals surface area contributed by atoms with Crippen molar-refractivity contribution in [2.24, 2.45) is 5.73 Å². The van der Waals surface area contributed by atoms with Crippen LogP contribution in [0.25, 0.3) is 0 Å². The fraction of sp³-hybridized carbons (Fsp3) is 1.00. The van der Waals surface area contributed by atoms with Crippen LogP contribution in [0, 0.1) is 0 Å². The van der Waals surface area contributed by atoms with Gasteiger partial charge < -0.3 is 11.1 Å². The number of nitrogens with two attached hydrogens (primary N) is 1. The average molecular weight is 215 g/mol. The molecule has 0 saturated carbocycles. The van der Waals surface area contributed by atoms with Crippen LogP contribution < -0.4 is 11.1 Å². The SMILES string of the molecule is NCCNCCCC[SiH](Cl)Cl. The summed E-state index contributed by atoms with van der Waals surface area (Å²) in [4.78, 5) is 0. The van der Waals surface area contributed by atoms with E-state index < -0.39 is 7.42 Å². The first-order chi connectivity index (χ1) is 5.27. The molecular formula is C6H16Cl2N2Si. The Morgan fingerprint density at radius 2 is 1.91 bits per heavy atom. The second kappa shape index (κ2) is 8.81. The van der Waals surface area contributed by atoms with Crippen molar-refractivity contribution in [2.75, 3.05) is 19.6 Å². The molecule has 0 aliphatic rings. The lowest BCUT2D eigenvalue weighted by Gasteiger charge is -2.01. The highest BCUT2D eigenvalue weighted by atomic mass is 35.7. The second-order valence-electron chi connectivity index (χ2n) is 2.43. The molecule has 68 valence electrons. The molecule has 0 bridgehead atoms. The van der Waals surface area contributed by atoms with E-state index in [1.54, 1.807) is 0 Å². The summed E-state index contributed by atoms with van der Waals surface area (Å²) in [6.45, 7) is 2.65. The van der Waals surface area contributed by atoms with Crippen LogP contribution >= 0.6 is 22.2 Å². The van der Waals surface area contributed by atoms with Gasteiger partial charge in [0, 0.05) is 13.1 Å². The van der Waals surface area contributed by atoms with Gasteiger partial charge in [-0.2, -0.15) is 22.2 Å². The van der Waals surface area contributed by atoms with Gasteiger partial charge in [0.15, 0.2) is 0 Å². The molecule has 0 aliphatic heterocycles. The molecule has 0 radical (unpaired) electrons. The number of unbranched alkanes of at least 4 members (excludes halogenated alkanes) is 1. The first-order valence-electron chi connectivity index (χ1n) is 3.96. The Morgan fingerprint density at radius 1 is 1.18 bits per heavy atom. The third-order valence-corrected chi connectivity index (χ3v) is 3.50. The molecule has 3 N–H and O–H groups in total. The monoisotopic (exact) mass is 214 g/mol. The summed E-state index contributed by atoms with van der Waals surface area (Å²) >= 11 is 11.4. The Balaban J connectivity index is 2.80. The zero-order chi connectivity index (χ0) is 8.53. The second-order valence-corrected chi connectivity index (χ2v) is 7.62. The summed E-state index contributed by atoms with van der Waals surface area (Å²) in [6, 6.07) is 1.02. The Kier molecular flexibility index (Phi) is 9.38. The lowest BCUT2D eigenvalue weighted by Crippen LogP contribution is -2.23. The van der Waals surface area contributed by atoms with E-state index in [9.17, 15) is 0 Å². The number of rotatable bonds is 7.